The summed E-state index contributed by atoms with van der Waals surface area (Å²) in [6.07, 6.45) is 2.27. The van der Waals surface area contributed by atoms with Crippen LogP contribution in [0.1, 0.15) is 12.8 Å². The number of halogens is 1. The van der Waals surface area contributed by atoms with E-state index >= 15 is 0 Å². The topological polar surface area (TPSA) is 70.3 Å². The van der Waals surface area contributed by atoms with Gasteiger partial charge in [-0.1, -0.05) is 15.9 Å². The molecule has 6 heteroatoms. The Morgan fingerprint density at radius 3 is 3.11 bits per heavy atom. The predicted octanol–water partition coefficient (Wildman–Crippen LogP) is 2.53. The van der Waals surface area contributed by atoms with Crippen molar-refractivity contribution in [3.05, 3.63) is 22.7 Å². The molecule has 2 heterocycles. The zero-order valence-electron chi connectivity index (χ0n) is 10.3. The number of aromatic nitrogens is 2. The second-order valence-electron chi connectivity index (χ2n) is 4.49. The molecule has 1 aliphatic rings. The molecule has 1 unspecified atom stereocenters. The molecule has 5 nitrogen and oxygen atoms in total. The predicted molar refractivity (Wildman–Crippen MR) is 76.1 cm³/mol. The third kappa shape index (κ3) is 2.79. The van der Waals surface area contributed by atoms with Crippen molar-refractivity contribution in [3.63, 3.8) is 0 Å². The van der Waals surface area contributed by atoms with Gasteiger partial charge in [-0.2, -0.15) is 4.98 Å². The Morgan fingerprint density at radius 2 is 2.32 bits per heavy atom. The van der Waals surface area contributed by atoms with E-state index in [4.69, 9.17) is 15.2 Å². The van der Waals surface area contributed by atoms with Crippen LogP contribution in [0.4, 0.5) is 5.95 Å². The molecule has 1 atom stereocenters. The van der Waals surface area contributed by atoms with E-state index in [1.54, 1.807) is 0 Å². The maximum atomic E-state index is 5.76. The van der Waals surface area contributed by atoms with Gasteiger partial charge in [0.05, 0.1) is 17.0 Å². The van der Waals surface area contributed by atoms with E-state index in [-0.39, 0.29) is 12.1 Å². The van der Waals surface area contributed by atoms with Gasteiger partial charge >= 0.3 is 0 Å². The van der Waals surface area contributed by atoms with Gasteiger partial charge in [0, 0.05) is 11.1 Å². The summed E-state index contributed by atoms with van der Waals surface area (Å²) in [5.41, 5.74) is 6.48. The number of fused-ring (bicyclic) bond motifs is 1. The molecule has 0 bridgehead atoms. The van der Waals surface area contributed by atoms with Crippen LogP contribution in [-0.2, 0) is 4.74 Å². The molecule has 19 heavy (non-hydrogen) atoms. The fourth-order valence-electron chi connectivity index (χ4n) is 2.15. The van der Waals surface area contributed by atoms with E-state index in [9.17, 15) is 0 Å². The van der Waals surface area contributed by atoms with Gasteiger partial charge in [0.1, 0.15) is 6.61 Å². The molecule has 3 rings (SSSR count). The molecule has 1 saturated heterocycles. The second kappa shape index (κ2) is 5.30. The van der Waals surface area contributed by atoms with Crippen LogP contribution in [0.25, 0.3) is 10.9 Å². The lowest BCUT2D eigenvalue weighted by molar-refractivity contribution is 0.0669. The molecular formula is C13H14BrN3O2. The number of hydrogen-bond donors (Lipinski definition) is 1. The highest BCUT2D eigenvalue weighted by Gasteiger charge is 2.17. The normalized spacial score (nSPS) is 18.9. The van der Waals surface area contributed by atoms with Crippen LogP contribution in [0.2, 0.25) is 0 Å². The van der Waals surface area contributed by atoms with E-state index in [0.29, 0.717) is 12.5 Å². The molecule has 0 aliphatic carbocycles. The largest absolute Gasteiger partial charge is 0.474 e. The molecule has 0 saturated carbocycles. The van der Waals surface area contributed by atoms with Crippen LogP contribution in [0.15, 0.2) is 22.7 Å². The Labute approximate surface area is 119 Å². The molecule has 1 fully saturated rings. The summed E-state index contributed by atoms with van der Waals surface area (Å²) < 4.78 is 12.2. The van der Waals surface area contributed by atoms with Gasteiger partial charge in [-0.3, -0.25) is 0 Å². The maximum absolute atomic E-state index is 5.76. The molecule has 2 N–H and O–H groups in total. The first kappa shape index (κ1) is 12.6. The standard InChI is InChI=1S/C13H14BrN3O2/c14-8-3-4-11-10(6-8)12(17-13(15)16-11)19-7-9-2-1-5-18-9/h3-4,6,9H,1-2,5,7H2,(H2,15,16,17). The van der Waals surface area contributed by atoms with Crippen molar-refractivity contribution in [2.24, 2.45) is 0 Å². The summed E-state index contributed by atoms with van der Waals surface area (Å²) in [7, 11) is 0. The Hall–Kier alpha value is -1.40. The van der Waals surface area contributed by atoms with Gasteiger partial charge < -0.3 is 15.2 Å². The van der Waals surface area contributed by atoms with E-state index in [1.165, 1.54) is 0 Å². The summed E-state index contributed by atoms with van der Waals surface area (Å²) in [5.74, 6) is 0.733. The minimum Gasteiger partial charge on any atom is -0.474 e. The third-order valence-corrected chi connectivity index (χ3v) is 3.56. The first-order chi connectivity index (χ1) is 9.22. The summed E-state index contributed by atoms with van der Waals surface area (Å²) >= 11 is 3.44. The molecule has 1 aromatic carbocycles. The van der Waals surface area contributed by atoms with Gasteiger partial charge in [-0.25, -0.2) is 4.98 Å². The monoisotopic (exact) mass is 323 g/mol. The lowest BCUT2D eigenvalue weighted by Crippen LogP contribution is -2.17. The Morgan fingerprint density at radius 1 is 1.42 bits per heavy atom. The zero-order valence-corrected chi connectivity index (χ0v) is 11.9. The molecule has 100 valence electrons. The van der Waals surface area contributed by atoms with Gasteiger partial charge in [0.25, 0.3) is 0 Å². The van der Waals surface area contributed by atoms with Crippen molar-refractivity contribution in [2.75, 3.05) is 18.9 Å². The van der Waals surface area contributed by atoms with Gasteiger partial charge in [-0.05, 0) is 31.0 Å². The van der Waals surface area contributed by atoms with Crippen LogP contribution in [0, 0.1) is 0 Å². The molecule has 2 aromatic rings. The smallest absolute Gasteiger partial charge is 0.226 e. The quantitative estimate of drug-likeness (QED) is 0.939. The molecule has 1 aliphatic heterocycles. The Bertz CT molecular complexity index is 600. The average Bonchev–Trinajstić information content (AvgIpc) is 2.89. The number of anilines is 1. The van der Waals surface area contributed by atoms with Crippen LogP contribution in [-0.4, -0.2) is 29.3 Å². The molecular weight excluding hydrogens is 310 g/mol. The highest BCUT2D eigenvalue weighted by atomic mass is 79.9. The highest BCUT2D eigenvalue weighted by molar-refractivity contribution is 9.10. The lowest BCUT2D eigenvalue weighted by atomic mass is 10.2. The number of hydrogen-bond acceptors (Lipinski definition) is 5. The minimum absolute atomic E-state index is 0.151. The van der Waals surface area contributed by atoms with E-state index in [2.05, 4.69) is 25.9 Å². The minimum atomic E-state index is 0.151. The van der Waals surface area contributed by atoms with Crippen LogP contribution in [0.3, 0.4) is 0 Å². The SMILES string of the molecule is Nc1nc(OCC2CCCO2)c2cc(Br)ccc2n1. The van der Waals surface area contributed by atoms with Crippen molar-refractivity contribution in [2.45, 2.75) is 18.9 Å². The number of benzene rings is 1. The van der Waals surface area contributed by atoms with Crippen LogP contribution >= 0.6 is 15.9 Å². The molecule has 0 spiro atoms. The number of ether oxygens (including phenoxy) is 2. The average molecular weight is 324 g/mol. The van der Waals surface area contributed by atoms with Crippen LogP contribution in [0.5, 0.6) is 5.88 Å². The van der Waals surface area contributed by atoms with Crippen molar-refractivity contribution < 1.29 is 9.47 Å². The molecule has 1 aromatic heterocycles. The fraction of sp³-hybridized carbons (Fsp3) is 0.385. The van der Waals surface area contributed by atoms with Gasteiger partial charge in [0.2, 0.25) is 11.8 Å². The van der Waals surface area contributed by atoms with Gasteiger partial charge in [-0.15, -0.1) is 0 Å². The Kier molecular flexibility index (Phi) is 3.52. The number of nitrogens with zero attached hydrogens (tertiary/aromatic N) is 2. The summed E-state index contributed by atoms with van der Waals surface area (Å²) in [4.78, 5) is 8.36. The van der Waals surface area contributed by atoms with Crippen LogP contribution < -0.4 is 10.5 Å². The van der Waals surface area contributed by atoms with Crippen molar-refractivity contribution in [1.29, 1.82) is 0 Å². The van der Waals surface area contributed by atoms with E-state index in [0.717, 1.165) is 34.8 Å². The zero-order chi connectivity index (χ0) is 13.2. The third-order valence-electron chi connectivity index (χ3n) is 3.07. The Balaban J connectivity index is 1.89. The first-order valence-electron chi connectivity index (χ1n) is 6.19. The van der Waals surface area contributed by atoms with Crippen molar-refractivity contribution in [3.8, 4) is 5.88 Å². The van der Waals surface area contributed by atoms with E-state index in [1.807, 2.05) is 18.2 Å². The van der Waals surface area contributed by atoms with Crippen molar-refractivity contribution >= 4 is 32.8 Å². The maximum Gasteiger partial charge on any atom is 0.226 e. The number of rotatable bonds is 3. The first-order valence-corrected chi connectivity index (χ1v) is 6.99. The van der Waals surface area contributed by atoms with Gasteiger partial charge in [0.15, 0.2) is 0 Å². The summed E-state index contributed by atoms with van der Waals surface area (Å²) in [6, 6.07) is 5.73. The fourth-order valence-corrected chi connectivity index (χ4v) is 2.51. The molecule has 0 radical (unpaired) electrons. The number of nitrogens with two attached hydrogens (primary N) is 1. The summed E-state index contributed by atoms with van der Waals surface area (Å²) in [6.45, 7) is 1.31. The van der Waals surface area contributed by atoms with E-state index < -0.39 is 0 Å². The number of nitrogen functional groups attached to an aromatic ring is 1. The lowest BCUT2D eigenvalue weighted by Gasteiger charge is -2.12. The van der Waals surface area contributed by atoms with Crippen molar-refractivity contribution in [1.82, 2.24) is 9.97 Å². The summed E-state index contributed by atoms with van der Waals surface area (Å²) in [5, 5.41) is 0.849. The second-order valence-corrected chi connectivity index (χ2v) is 5.41. The molecule has 0 amide bonds. The highest BCUT2D eigenvalue weighted by Crippen LogP contribution is 2.27.